The number of ether oxygens (including phenoxy) is 3. The van der Waals surface area contributed by atoms with E-state index >= 15 is 0 Å². The van der Waals surface area contributed by atoms with E-state index in [9.17, 15) is 4.79 Å². The molecule has 2 heterocycles. The Bertz CT molecular complexity index is 1180. The minimum Gasteiger partial charge on any atom is -0.461 e. The van der Waals surface area contributed by atoms with E-state index in [1.54, 1.807) is 6.92 Å². The molecule has 7 nitrogen and oxygen atoms in total. The van der Waals surface area contributed by atoms with Gasteiger partial charge in [-0.05, 0) is 73.0 Å². The van der Waals surface area contributed by atoms with Crippen molar-refractivity contribution < 1.29 is 19.0 Å². The van der Waals surface area contributed by atoms with Crippen molar-refractivity contribution in [1.82, 2.24) is 9.55 Å². The summed E-state index contributed by atoms with van der Waals surface area (Å²) in [4.78, 5) is 17.4. The Balaban J connectivity index is 1.88. The van der Waals surface area contributed by atoms with E-state index in [-0.39, 0.29) is 25.1 Å². The molecule has 0 radical (unpaired) electrons. The van der Waals surface area contributed by atoms with Crippen molar-refractivity contribution in [3.8, 4) is 11.5 Å². The van der Waals surface area contributed by atoms with Crippen LogP contribution in [0, 0.1) is 6.92 Å². The van der Waals surface area contributed by atoms with Crippen LogP contribution in [0.2, 0.25) is 5.02 Å². The first-order valence-corrected chi connectivity index (χ1v) is 11.8. The van der Waals surface area contributed by atoms with Gasteiger partial charge in [-0.25, -0.2) is 9.78 Å². The number of fused-ring (bicyclic) bond motifs is 1. The summed E-state index contributed by atoms with van der Waals surface area (Å²) in [5.41, 5.74) is 3.62. The Hall–Kier alpha value is -2.71. The van der Waals surface area contributed by atoms with Gasteiger partial charge in [0.1, 0.15) is 0 Å². The van der Waals surface area contributed by atoms with E-state index in [0.29, 0.717) is 21.2 Å². The second kappa shape index (κ2) is 9.65. The van der Waals surface area contributed by atoms with Crippen LogP contribution < -0.4 is 14.8 Å². The lowest BCUT2D eigenvalue weighted by atomic mass is 10.0. The Labute approximate surface area is 206 Å². The van der Waals surface area contributed by atoms with Gasteiger partial charge in [0.25, 0.3) is 0 Å². The van der Waals surface area contributed by atoms with Crippen molar-refractivity contribution in [3.05, 3.63) is 68.7 Å². The van der Waals surface area contributed by atoms with Crippen LogP contribution in [-0.2, 0) is 4.74 Å². The van der Waals surface area contributed by atoms with Gasteiger partial charge < -0.3 is 24.1 Å². The van der Waals surface area contributed by atoms with Gasteiger partial charge in [-0.15, -0.1) is 0 Å². The summed E-state index contributed by atoms with van der Waals surface area (Å²) in [6.07, 6.45) is 0. The predicted octanol–water partition coefficient (Wildman–Crippen LogP) is 6.30. The number of carbonyl (C=O) groups is 1. The minimum absolute atomic E-state index is 0.0279. The lowest BCUT2D eigenvalue weighted by Gasteiger charge is -2.25. The summed E-state index contributed by atoms with van der Waals surface area (Å²) in [6.45, 7) is 8.26. The summed E-state index contributed by atoms with van der Waals surface area (Å²) >= 11 is 9.70. The first-order chi connectivity index (χ1) is 15.8. The fraction of sp³-hybridized carbons (Fsp3) is 0.333. The number of rotatable bonds is 7. The van der Waals surface area contributed by atoms with Crippen LogP contribution in [0.25, 0.3) is 0 Å². The Morgan fingerprint density at radius 1 is 1.27 bits per heavy atom. The number of nitrogens with zero attached hydrogens (tertiary/aromatic N) is 2. The van der Waals surface area contributed by atoms with Gasteiger partial charge in [0, 0.05) is 22.8 Å². The monoisotopic (exact) mass is 533 g/mol. The molecule has 33 heavy (non-hydrogen) atoms. The first-order valence-electron chi connectivity index (χ1n) is 10.7. The molecule has 0 saturated carbocycles. The zero-order chi connectivity index (χ0) is 23.7. The first kappa shape index (κ1) is 23.4. The molecular formula is C24H25BrClN3O4. The number of hydrogen-bond acceptors (Lipinski definition) is 6. The van der Waals surface area contributed by atoms with Crippen molar-refractivity contribution >= 4 is 39.2 Å². The summed E-state index contributed by atoms with van der Waals surface area (Å²) in [7, 11) is 0. The Morgan fingerprint density at radius 2 is 2.00 bits per heavy atom. The maximum atomic E-state index is 12.9. The fourth-order valence-corrected chi connectivity index (χ4v) is 4.84. The number of hydrogen-bond donors (Lipinski definition) is 1. The number of imidazole rings is 1. The van der Waals surface area contributed by atoms with Crippen LogP contribution in [0.4, 0.5) is 5.69 Å². The Morgan fingerprint density at radius 3 is 2.67 bits per heavy atom. The molecule has 1 aliphatic rings. The molecular weight excluding hydrogens is 510 g/mol. The van der Waals surface area contributed by atoms with Crippen molar-refractivity contribution in [2.24, 2.45) is 0 Å². The SMILES string of the molecule is CCOC(=O)c1nc(Br)n(C(C)C)c1C(Nc1cc(C)c2c(c1)OCO2)c1ccc(Cl)cc1. The van der Waals surface area contributed by atoms with E-state index in [0.717, 1.165) is 22.6 Å². The van der Waals surface area contributed by atoms with Gasteiger partial charge in [0.05, 0.1) is 18.3 Å². The maximum absolute atomic E-state index is 12.9. The van der Waals surface area contributed by atoms with Gasteiger partial charge in [0.2, 0.25) is 6.79 Å². The third kappa shape index (κ3) is 4.68. The van der Waals surface area contributed by atoms with Gasteiger partial charge in [-0.3, -0.25) is 0 Å². The molecule has 9 heteroatoms. The maximum Gasteiger partial charge on any atom is 0.358 e. The molecule has 1 aromatic heterocycles. The highest BCUT2D eigenvalue weighted by molar-refractivity contribution is 9.10. The third-order valence-corrected chi connectivity index (χ3v) is 6.15. The molecule has 0 bridgehead atoms. The summed E-state index contributed by atoms with van der Waals surface area (Å²) < 4.78 is 19.0. The fourth-order valence-electron chi connectivity index (χ4n) is 3.93. The lowest BCUT2D eigenvalue weighted by molar-refractivity contribution is 0.0518. The molecule has 1 N–H and O–H groups in total. The largest absolute Gasteiger partial charge is 0.461 e. The van der Waals surface area contributed by atoms with E-state index in [4.69, 9.17) is 25.8 Å². The van der Waals surface area contributed by atoms with Crippen molar-refractivity contribution in [3.63, 3.8) is 0 Å². The number of aromatic nitrogens is 2. The number of aryl methyl sites for hydroxylation is 1. The third-order valence-electron chi connectivity index (χ3n) is 5.34. The van der Waals surface area contributed by atoms with E-state index < -0.39 is 12.0 Å². The molecule has 0 spiro atoms. The van der Waals surface area contributed by atoms with Crippen LogP contribution >= 0.6 is 27.5 Å². The van der Waals surface area contributed by atoms with E-state index in [1.807, 2.05) is 61.7 Å². The zero-order valence-corrected chi connectivity index (χ0v) is 21.2. The molecule has 3 aromatic rings. The molecule has 4 rings (SSSR count). The number of halogens is 2. The average molecular weight is 535 g/mol. The van der Waals surface area contributed by atoms with Crippen LogP contribution in [0.1, 0.15) is 60.2 Å². The Kier molecular flexibility index (Phi) is 6.86. The molecule has 0 aliphatic carbocycles. The second-order valence-corrected chi connectivity index (χ2v) is 9.10. The number of benzene rings is 2. The normalized spacial score (nSPS) is 13.3. The number of nitrogens with one attached hydrogen (secondary N) is 1. The highest BCUT2D eigenvalue weighted by Crippen LogP contribution is 2.40. The lowest BCUT2D eigenvalue weighted by Crippen LogP contribution is -2.22. The van der Waals surface area contributed by atoms with Crippen LogP contribution in [0.5, 0.6) is 11.5 Å². The van der Waals surface area contributed by atoms with Gasteiger partial charge in [-0.2, -0.15) is 0 Å². The summed E-state index contributed by atoms with van der Waals surface area (Å²) in [5, 5.41) is 4.21. The zero-order valence-electron chi connectivity index (χ0n) is 18.8. The van der Waals surface area contributed by atoms with E-state index in [2.05, 4.69) is 26.2 Å². The topological polar surface area (TPSA) is 74.6 Å². The van der Waals surface area contributed by atoms with Gasteiger partial charge in [0.15, 0.2) is 21.9 Å². The minimum atomic E-state index is -0.477. The second-order valence-electron chi connectivity index (χ2n) is 7.95. The smallest absolute Gasteiger partial charge is 0.358 e. The van der Waals surface area contributed by atoms with E-state index in [1.165, 1.54) is 0 Å². The van der Waals surface area contributed by atoms with Gasteiger partial charge >= 0.3 is 5.97 Å². The predicted molar refractivity (Wildman–Crippen MR) is 130 cm³/mol. The summed E-state index contributed by atoms with van der Waals surface area (Å²) in [6, 6.07) is 11.0. The van der Waals surface area contributed by atoms with Crippen LogP contribution in [0.3, 0.4) is 0 Å². The van der Waals surface area contributed by atoms with Gasteiger partial charge in [-0.1, -0.05) is 23.7 Å². The molecule has 0 amide bonds. The number of carbonyl (C=O) groups excluding carboxylic acids is 1. The van der Waals surface area contributed by atoms with Crippen LogP contribution in [0.15, 0.2) is 41.1 Å². The molecule has 0 saturated heterocycles. The molecule has 0 fully saturated rings. The standard InChI is InChI=1S/C24H25BrClN3O4/c1-5-31-23(30)20-21(29(13(2)3)24(25)28-20)19(15-6-8-16(26)9-7-15)27-17-10-14(4)22-18(11-17)32-12-33-22/h6-11,13,19,27H,5,12H2,1-4H3. The molecule has 1 atom stereocenters. The highest BCUT2D eigenvalue weighted by Gasteiger charge is 2.31. The molecule has 1 unspecified atom stereocenters. The molecule has 2 aromatic carbocycles. The highest BCUT2D eigenvalue weighted by atomic mass is 79.9. The summed E-state index contributed by atoms with van der Waals surface area (Å²) in [5.74, 6) is 0.942. The molecule has 1 aliphatic heterocycles. The quantitative estimate of drug-likeness (QED) is 0.359. The van der Waals surface area contributed by atoms with Crippen molar-refractivity contribution in [2.75, 3.05) is 18.7 Å². The van der Waals surface area contributed by atoms with Crippen LogP contribution in [-0.4, -0.2) is 28.9 Å². The average Bonchev–Trinajstić information content (AvgIpc) is 3.37. The van der Waals surface area contributed by atoms with Crippen molar-refractivity contribution in [1.29, 1.82) is 0 Å². The van der Waals surface area contributed by atoms with Crippen molar-refractivity contribution in [2.45, 2.75) is 39.8 Å². The number of anilines is 1. The molecule has 174 valence electrons. The number of esters is 1.